The van der Waals surface area contributed by atoms with Gasteiger partial charge in [-0.25, -0.2) is 0 Å². The van der Waals surface area contributed by atoms with Gasteiger partial charge in [0.25, 0.3) is 0 Å². The van der Waals surface area contributed by atoms with E-state index in [1.807, 2.05) is 0 Å². The molecule has 0 aromatic heterocycles. The van der Waals surface area contributed by atoms with Crippen molar-refractivity contribution in [3.05, 3.63) is 0 Å². The van der Waals surface area contributed by atoms with E-state index < -0.39 is 0 Å². The van der Waals surface area contributed by atoms with Crippen molar-refractivity contribution in [2.75, 3.05) is 5.75 Å². The molecule has 0 spiro atoms. The molecule has 0 amide bonds. The van der Waals surface area contributed by atoms with Crippen LogP contribution in [0.2, 0.25) is 0 Å². The summed E-state index contributed by atoms with van der Waals surface area (Å²) in [5, 5.41) is 0. The van der Waals surface area contributed by atoms with Crippen LogP contribution in [-0.2, 0) is 4.74 Å². The SMILES string of the molecule is C[C@H]1OC2CC1CC2CCS. The standard InChI is InChI=1S/C9H16OS/c1-6-8-4-7(2-3-11)9(5-8)10-6/h6-9,11H,2-5H2,1H3/t6-,7?,8?,9?/m1/s1. The second kappa shape index (κ2) is 2.98. The lowest BCUT2D eigenvalue weighted by molar-refractivity contribution is -0.0198. The Morgan fingerprint density at radius 3 is 2.73 bits per heavy atom. The molecule has 0 N–H and O–H groups in total. The highest BCUT2D eigenvalue weighted by atomic mass is 32.1. The van der Waals surface area contributed by atoms with E-state index in [0.717, 1.165) is 17.6 Å². The number of hydrogen-bond donors (Lipinski definition) is 1. The first-order valence-corrected chi connectivity index (χ1v) is 5.21. The van der Waals surface area contributed by atoms with Crippen molar-refractivity contribution in [1.82, 2.24) is 0 Å². The Morgan fingerprint density at radius 2 is 2.27 bits per heavy atom. The first kappa shape index (κ1) is 7.93. The summed E-state index contributed by atoms with van der Waals surface area (Å²) in [6.45, 7) is 2.21. The van der Waals surface area contributed by atoms with Crippen LogP contribution in [0.1, 0.15) is 26.2 Å². The monoisotopic (exact) mass is 172 g/mol. The zero-order chi connectivity index (χ0) is 7.84. The Labute approximate surface area is 73.9 Å². The second-order valence-electron chi connectivity index (χ2n) is 3.88. The zero-order valence-corrected chi connectivity index (χ0v) is 7.89. The van der Waals surface area contributed by atoms with Crippen LogP contribution in [0.15, 0.2) is 0 Å². The van der Waals surface area contributed by atoms with Gasteiger partial charge in [-0.1, -0.05) is 0 Å². The summed E-state index contributed by atoms with van der Waals surface area (Å²) < 4.78 is 5.79. The van der Waals surface area contributed by atoms with Crippen molar-refractivity contribution in [3.63, 3.8) is 0 Å². The van der Waals surface area contributed by atoms with Gasteiger partial charge in [0.05, 0.1) is 12.2 Å². The minimum atomic E-state index is 0.538. The molecule has 2 heteroatoms. The Kier molecular flexibility index (Phi) is 2.15. The molecule has 2 fully saturated rings. The van der Waals surface area contributed by atoms with Crippen LogP contribution in [0.4, 0.5) is 0 Å². The fourth-order valence-corrected chi connectivity index (χ4v) is 2.87. The second-order valence-corrected chi connectivity index (χ2v) is 4.33. The van der Waals surface area contributed by atoms with Crippen LogP contribution in [-0.4, -0.2) is 18.0 Å². The topological polar surface area (TPSA) is 9.23 Å². The molecule has 2 rings (SSSR count). The first-order valence-electron chi connectivity index (χ1n) is 4.57. The van der Waals surface area contributed by atoms with E-state index in [4.69, 9.17) is 4.74 Å². The highest BCUT2D eigenvalue weighted by Crippen LogP contribution is 2.44. The minimum Gasteiger partial charge on any atom is -0.375 e. The number of rotatable bonds is 2. The Bertz CT molecular complexity index is 146. The number of fused-ring (bicyclic) bond motifs is 2. The number of ether oxygens (including phenoxy) is 1. The van der Waals surface area contributed by atoms with Crippen LogP contribution in [0, 0.1) is 11.8 Å². The third-order valence-corrected chi connectivity index (χ3v) is 3.48. The molecule has 1 saturated carbocycles. The maximum absolute atomic E-state index is 5.79. The van der Waals surface area contributed by atoms with Gasteiger partial charge in [0.1, 0.15) is 0 Å². The third-order valence-electron chi connectivity index (χ3n) is 3.22. The lowest BCUT2D eigenvalue weighted by atomic mass is 9.96. The van der Waals surface area contributed by atoms with Crippen molar-refractivity contribution in [3.8, 4) is 0 Å². The van der Waals surface area contributed by atoms with Gasteiger partial charge < -0.3 is 4.74 Å². The summed E-state index contributed by atoms with van der Waals surface area (Å²) >= 11 is 4.26. The van der Waals surface area contributed by atoms with Crippen LogP contribution in [0.25, 0.3) is 0 Å². The Balaban J connectivity index is 1.92. The number of thiol groups is 1. The molecule has 1 heterocycles. The van der Waals surface area contributed by atoms with Crippen LogP contribution >= 0.6 is 12.6 Å². The molecule has 1 nitrogen and oxygen atoms in total. The Hall–Kier alpha value is 0.310. The molecule has 11 heavy (non-hydrogen) atoms. The summed E-state index contributed by atoms with van der Waals surface area (Å²) in [5.74, 6) is 2.71. The van der Waals surface area contributed by atoms with Crippen molar-refractivity contribution >= 4 is 12.6 Å². The van der Waals surface area contributed by atoms with Crippen LogP contribution in [0.3, 0.4) is 0 Å². The van der Waals surface area contributed by atoms with Crippen LogP contribution < -0.4 is 0 Å². The summed E-state index contributed by atoms with van der Waals surface area (Å²) in [4.78, 5) is 0. The average molecular weight is 172 g/mol. The molecule has 2 aliphatic rings. The van der Waals surface area contributed by atoms with Crippen molar-refractivity contribution < 1.29 is 4.74 Å². The molecule has 1 aliphatic carbocycles. The van der Waals surface area contributed by atoms with Gasteiger partial charge in [0.2, 0.25) is 0 Å². The molecule has 1 aliphatic heterocycles. The van der Waals surface area contributed by atoms with Gasteiger partial charge in [-0.05, 0) is 43.8 Å². The molecule has 3 unspecified atom stereocenters. The maximum Gasteiger partial charge on any atom is 0.0611 e. The predicted octanol–water partition coefficient (Wildman–Crippen LogP) is 2.12. The third kappa shape index (κ3) is 1.31. The van der Waals surface area contributed by atoms with Gasteiger partial charge in [-0.2, -0.15) is 12.6 Å². The lowest BCUT2D eigenvalue weighted by Crippen LogP contribution is -2.25. The summed E-state index contributed by atoms with van der Waals surface area (Å²) in [7, 11) is 0. The zero-order valence-electron chi connectivity index (χ0n) is 6.99. The van der Waals surface area contributed by atoms with Gasteiger partial charge >= 0.3 is 0 Å². The largest absolute Gasteiger partial charge is 0.375 e. The van der Waals surface area contributed by atoms with Crippen molar-refractivity contribution in [1.29, 1.82) is 0 Å². The average Bonchev–Trinajstić information content (AvgIpc) is 2.47. The summed E-state index contributed by atoms with van der Waals surface area (Å²) in [6.07, 6.45) is 5.08. The van der Waals surface area contributed by atoms with Crippen LogP contribution in [0.5, 0.6) is 0 Å². The molecule has 64 valence electrons. The lowest BCUT2D eigenvalue weighted by Gasteiger charge is -2.25. The fourth-order valence-electron chi connectivity index (χ4n) is 2.53. The van der Waals surface area contributed by atoms with Gasteiger partial charge in [-0.3, -0.25) is 0 Å². The smallest absolute Gasteiger partial charge is 0.0611 e. The molecular formula is C9H16OS. The molecular weight excluding hydrogens is 156 g/mol. The first-order chi connectivity index (χ1) is 5.31. The van der Waals surface area contributed by atoms with Gasteiger partial charge in [0.15, 0.2) is 0 Å². The molecule has 4 atom stereocenters. The van der Waals surface area contributed by atoms with E-state index >= 15 is 0 Å². The molecule has 0 aromatic carbocycles. The summed E-state index contributed by atoms with van der Waals surface area (Å²) in [6, 6.07) is 0. The van der Waals surface area contributed by atoms with E-state index in [1.54, 1.807) is 0 Å². The van der Waals surface area contributed by atoms with E-state index in [0.29, 0.717) is 12.2 Å². The van der Waals surface area contributed by atoms with E-state index in [-0.39, 0.29) is 0 Å². The summed E-state index contributed by atoms with van der Waals surface area (Å²) in [5.41, 5.74) is 0. The van der Waals surface area contributed by atoms with E-state index in [2.05, 4.69) is 19.6 Å². The normalized spacial score (nSPS) is 48.5. The molecule has 1 saturated heterocycles. The van der Waals surface area contributed by atoms with Gasteiger partial charge in [-0.15, -0.1) is 0 Å². The number of hydrogen-bond acceptors (Lipinski definition) is 2. The predicted molar refractivity (Wildman–Crippen MR) is 49.0 cm³/mol. The Morgan fingerprint density at radius 1 is 1.45 bits per heavy atom. The molecule has 0 aromatic rings. The fraction of sp³-hybridized carbons (Fsp3) is 1.00. The van der Waals surface area contributed by atoms with Crippen molar-refractivity contribution in [2.24, 2.45) is 11.8 Å². The maximum atomic E-state index is 5.79. The molecule has 0 radical (unpaired) electrons. The highest BCUT2D eigenvalue weighted by molar-refractivity contribution is 7.80. The highest BCUT2D eigenvalue weighted by Gasteiger charge is 2.44. The quantitative estimate of drug-likeness (QED) is 0.628. The van der Waals surface area contributed by atoms with E-state index in [1.165, 1.54) is 19.3 Å². The minimum absolute atomic E-state index is 0.538. The van der Waals surface area contributed by atoms with Gasteiger partial charge in [0, 0.05) is 0 Å². The molecule has 2 bridgehead atoms. The van der Waals surface area contributed by atoms with E-state index in [9.17, 15) is 0 Å². The van der Waals surface area contributed by atoms with Crippen molar-refractivity contribution in [2.45, 2.75) is 38.4 Å².